The van der Waals surface area contributed by atoms with Crippen molar-refractivity contribution in [2.75, 3.05) is 0 Å². The molecule has 0 saturated heterocycles. The molecule has 1 aliphatic carbocycles. The van der Waals surface area contributed by atoms with Crippen molar-refractivity contribution >= 4 is 11.9 Å². The lowest BCUT2D eigenvalue weighted by Crippen LogP contribution is -2.46. The second kappa shape index (κ2) is 5.63. The van der Waals surface area contributed by atoms with Crippen molar-refractivity contribution in [2.45, 2.75) is 25.8 Å². The van der Waals surface area contributed by atoms with Gasteiger partial charge in [-0.3, -0.25) is 9.59 Å². The van der Waals surface area contributed by atoms with E-state index < -0.39 is 5.97 Å². The molecule has 3 rings (SSSR count). The fourth-order valence-electron chi connectivity index (χ4n) is 2.53. The smallest absolute Gasteiger partial charge is 0.306 e. The minimum atomic E-state index is -0.788. The first-order valence-corrected chi connectivity index (χ1v) is 7.18. The molecule has 22 heavy (non-hydrogen) atoms. The third kappa shape index (κ3) is 2.86. The molecule has 2 N–H and O–H groups in total. The van der Waals surface area contributed by atoms with Crippen LogP contribution in [0.1, 0.15) is 28.8 Å². The highest BCUT2D eigenvalue weighted by Crippen LogP contribution is 2.27. The Morgan fingerprint density at radius 1 is 1.27 bits per heavy atom. The summed E-state index contributed by atoms with van der Waals surface area (Å²) in [6.07, 6.45) is 4.70. The summed E-state index contributed by atoms with van der Waals surface area (Å²) in [4.78, 5) is 22.8. The summed E-state index contributed by atoms with van der Waals surface area (Å²) in [5.74, 6) is -1.28. The van der Waals surface area contributed by atoms with Crippen LogP contribution in [-0.4, -0.2) is 32.8 Å². The lowest BCUT2D eigenvalue weighted by molar-refractivity contribution is -0.145. The Balaban J connectivity index is 1.61. The number of hydrogen-bond donors (Lipinski definition) is 2. The number of amides is 1. The molecule has 0 spiro atoms. The number of carbonyl (C=O) groups excluding carboxylic acids is 1. The van der Waals surface area contributed by atoms with Gasteiger partial charge >= 0.3 is 5.97 Å². The molecule has 1 fully saturated rings. The predicted octanol–water partition coefficient (Wildman–Crippen LogP) is 1.77. The first-order chi connectivity index (χ1) is 10.5. The number of aliphatic carboxylic acids is 1. The Morgan fingerprint density at radius 3 is 2.50 bits per heavy atom. The number of carboxylic acid groups (broad SMARTS) is 1. The minimum absolute atomic E-state index is 0.0398. The summed E-state index contributed by atoms with van der Waals surface area (Å²) in [7, 11) is 0. The van der Waals surface area contributed by atoms with Gasteiger partial charge in [0.1, 0.15) is 0 Å². The van der Waals surface area contributed by atoms with Crippen LogP contribution in [0.25, 0.3) is 5.69 Å². The molecule has 2 aromatic rings. The first-order valence-electron chi connectivity index (χ1n) is 7.18. The fraction of sp³-hybridized carbons (Fsp3) is 0.312. The van der Waals surface area contributed by atoms with Crippen molar-refractivity contribution in [1.82, 2.24) is 15.1 Å². The number of hydrogen-bond acceptors (Lipinski definition) is 3. The van der Waals surface area contributed by atoms with Crippen LogP contribution in [0.3, 0.4) is 0 Å². The van der Waals surface area contributed by atoms with Crippen LogP contribution in [0.15, 0.2) is 36.7 Å². The highest BCUT2D eigenvalue weighted by Gasteiger charge is 2.35. The van der Waals surface area contributed by atoms with Crippen LogP contribution in [0.4, 0.5) is 0 Å². The summed E-state index contributed by atoms with van der Waals surface area (Å²) in [5, 5.41) is 15.9. The monoisotopic (exact) mass is 299 g/mol. The molecule has 1 aromatic carbocycles. The molecule has 0 aliphatic heterocycles. The molecule has 0 atom stereocenters. The number of carbonyl (C=O) groups is 2. The number of carboxylic acids is 1. The number of rotatable bonds is 4. The molecule has 1 aliphatic rings. The maximum Gasteiger partial charge on any atom is 0.306 e. The molecule has 1 heterocycles. The van der Waals surface area contributed by atoms with Crippen molar-refractivity contribution in [3.63, 3.8) is 0 Å². The summed E-state index contributed by atoms with van der Waals surface area (Å²) in [6, 6.07) is 7.12. The Hall–Kier alpha value is -2.63. The van der Waals surface area contributed by atoms with Gasteiger partial charge in [-0.2, -0.15) is 5.10 Å². The van der Waals surface area contributed by atoms with E-state index >= 15 is 0 Å². The highest BCUT2D eigenvalue weighted by molar-refractivity contribution is 5.94. The van der Waals surface area contributed by atoms with Crippen LogP contribution in [0, 0.1) is 12.8 Å². The van der Waals surface area contributed by atoms with Gasteiger partial charge in [-0.1, -0.05) is 0 Å². The van der Waals surface area contributed by atoms with Crippen molar-refractivity contribution in [3.05, 3.63) is 47.8 Å². The van der Waals surface area contributed by atoms with Crippen molar-refractivity contribution in [3.8, 4) is 5.69 Å². The first kappa shape index (κ1) is 14.3. The van der Waals surface area contributed by atoms with Gasteiger partial charge in [0.25, 0.3) is 5.91 Å². The van der Waals surface area contributed by atoms with Crippen LogP contribution >= 0.6 is 0 Å². The predicted molar refractivity (Wildman–Crippen MR) is 79.9 cm³/mol. The van der Waals surface area contributed by atoms with E-state index in [-0.39, 0.29) is 17.9 Å². The summed E-state index contributed by atoms with van der Waals surface area (Å²) in [6.45, 7) is 1.97. The SMILES string of the molecule is Cc1cnn(-c2ccc(C(=O)NC3CC(C(=O)O)C3)cc2)c1. The molecule has 6 heteroatoms. The number of benzene rings is 1. The van der Waals surface area contributed by atoms with E-state index in [0.717, 1.165) is 11.3 Å². The molecule has 0 bridgehead atoms. The third-order valence-corrected chi connectivity index (χ3v) is 3.93. The Labute approximate surface area is 127 Å². The highest BCUT2D eigenvalue weighted by atomic mass is 16.4. The van der Waals surface area contributed by atoms with Crippen molar-refractivity contribution in [1.29, 1.82) is 0 Å². The fourth-order valence-corrected chi connectivity index (χ4v) is 2.53. The van der Waals surface area contributed by atoms with E-state index in [1.165, 1.54) is 0 Å². The molecule has 1 aromatic heterocycles. The van der Waals surface area contributed by atoms with Crippen molar-refractivity contribution in [2.24, 2.45) is 5.92 Å². The van der Waals surface area contributed by atoms with Gasteiger partial charge in [0, 0.05) is 17.8 Å². The Kier molecular flexibility index (Phi) is 3.66. The van der Waals surface area contributed by atoms with Crippen LogP contribution in [-0.2, 0) is 4.79 Å². The molecule has 0 unspecified atom stereocenters. The van der Waals surface area contributed by atoms with E-state index in [9.17, 15) is 9.59 Å². The minimum Gasteiger partial charge on any atom is -0.481 e. The average molecular weight is 299 g/mol. The summed E-state index contributed by atoms with van der Waals surface area (Å²) < 4.78 is 1.75. The van der Waals surface area contributed by atoms with Gasteiger partial charge in [-0.05, 0) is 49.6 Å². The largest absolute Gasteiger partial charge is 0.481 e. The molecule has 1 saturated carbocycles. The summed E-state index contributed by atoms with van der Waals surface area (Å²) >= 11 is 0. The van der Waals surface area contributed by atoms with Gasteiger partial charge in [0.2, 0.25) is 0 Å². The van der Waals surface area contributed by atoms with E-state index in [0.29, 0.717) is 18.4 Å². The van der Waals surface area contributed by atoms with Crippen LogP contribution < -0.4 is 5.32 Å². The zero-order valence-corrected chi connectivity index (χ0v) is 12.2. The molecular formula is C16H17N3O3. The van der Waals surface area contributed by atoms with Gasteiger partial charge in [0.15, 0.2) is 0 Å². The molecule has 6 nitrogen and oxygen atoms in total. The zero-order valence-electron chi connectivity index (χ0n) is 12.2. The number of aromatic nitrogens is 2. The second-order valence-electron chi connectivity index (χ2n) is 5.69. The Morgan fingerprint density at radius 2 is 1.95 bits per heavy atom. The molecular weight excluding hydrogens is 282 g/mol. The molecule has 114 valence electrons. The van der Waals surface area contributed by atoms with Crippen LogP contribution in [0.5, 0.6) is 0 Å². The normalized spacial score (nSPS) is 20.2. The topological polar surface area (TPSA) is 84.2 Å². The average Bonchev–Trinajstić information content (AvgIpc) is 2.88. The number of nitrogens with one attached hydrogen (secondary N) is 1. The van der Waals surface area contributed by atoms with Crippen LogP contribution in [0.2, 0.25) is 0 Å². The van der Waals surface area contributed by atoms with Gasteiger partial charge in [-0.25, -0.2) is 4.68 Å². The zero-order chi connectivity index (χ0) is 15.7. The maximum atomic E-state index is 12.1. The number of nitrogens with zero attached hydrogens (tertiary/aromatic N) is 2. The van der Waals surface area contributed by atoms with E-state index in [1.54, 1.807) is 23.0 Å². The molecule has 0 radical (unpaired) electrons. The molecule has 1 amide bonds. The standard InChI is InChI=1S/C16H17N3O3/c1-10-8-17-19(9-10)14-4-2-11(3-5-14)15(20)18-13-6-12(7-13)16(21)22/h2-5,8-9,12-13H,6-7H2,1H3,(H,18,20)(H,21,22). The van der Waals surface area contributed by atoms with Gasteiger partial charge in [-0.15, -0.1) is 0 Å². The van der Waals surface area contributed by atoms with Crippen molar-refractivity contribution < 1.29 is 14.7 Å². The Bertz CT molecular complexity index is 700. The summed E-state index contributed by atoms with van der Waals surface area (Å²) in [5.41, 5.74) is 2.52. The second-order valence-corrected chi connectivity index (χ2v) is 5.69. The van der Waals surface area contributed by atoms with E-state index in [1.807, 2.05) is 25.3 Å². The van der Waals surface area contributed by atoms with Gasteiger partial charge in [0.05, 0.1) is 17.8 Å². The number of aryl methyl sites for hydroxylation is 1. The lowest BCUT2D eigenvalue weighted by Gasteiger charge is -2.32. The van der Waals surface area contributed by atoms with E-state index in [2.05, 4.69) is 10.4 Å². The van der Waals surface area contributed by atoms with E-state index in [4.69, 9.17) is 5.11 Å². The lowest BCUT2D eigenvalue weighted by atomic mass is 9.80. The quantitative estimate of drug-likeness (QED) is 0.901. The third-order valence-electron chi connectivity index (χ3n) is 3.93. The van der Waals surface area contributed by atoms with Gasteiger partial charge < -0.3 is 10.4 Å². The maximum absolute atomic E-state index is 12.1.